The average Bonchev–Trinajstić information content (AvgIpc) is 3.14. The molecule has 0 bridgehead atoms. The monoisotopic (exact) mass is 332 g/mol. The van der Waals surface area contributed by atoms with Gasteiger partial charge in [-0.2, -0.15) is 0 Å². The number of hydrogen-bond donors (Lipinski definition) is 1. The fraction of sp³-hybridized carbons (Fsp3) is 0.632. The maximum absolute atomic E-state index is 12.3. The number of amides is 1. The third-order valence-electron chi connectivity index (χ3n) is 5.05. The molecule has 2 heterocycles. The molecule has 1 amide bonds. The topological polar surface area (TPSA) is 50.8 Å². The minimum atomic E-state index is 0.151. The van der Waals surface area contributed by atoms with Crippen LogP contribution in [0, 0.1) is 5.92 Å². The molecule has 1 atom stereocenters. The Hall–Kier alpha value is -1.59. The molecule has 2 saturated heterocycles. The van der Waals surface area contributed by atoms with Crippen LogP contribution in [0.5, 0.6) is 5.75 Å². The maximum Gasteiger partial charge on any atom is 0.223 e. The van der Waals surface area contributed by atoms with Gasteiger partial charge in [0.05, 0.1) is 13.2 Å². The van der Waals surface area contributed by atoms with Gasteiger partial charge in [-0.3, -0.25) is 9.69 Å². The van der Waals surface area contributed by atoms with Gasteiger partial charge in [0, 0.05) is 25.6 Å². The van der Waals surface area contributed by atoms with E-state index < -0.39 is 0 Å². The molecular formula is C19H28N2O3. The van der Waals surface area contributed by atoms with Crippen molar-refractivity contribution in [3.63, 3.8) is 0 Å². The predicted molar refractivity (Wildman–Crippen MR) is 93.0 cm³/mol. The van der Waals surface area contributed by atoms with Crippen molar-refractivity contribution in [3.8, 4) is 5.75 Å². The molecule has 0 spiro atoms. The minimum absolute atomic E-state index is 0.151. The molecule has 0 radical (unpaired) electrons. The maximum atomic E-state index is 12.3. The molecule has 5 heteroatoms. The van der Waals surface area contributed by atoms with Crippen LogP contribution in [-0.4, -0.2) is 50.3 Å². The molecule has 132 valence electrons. The molecule has 24 heavy (non-hydrogen) atoms. The summed E-state index contributed by atoms with van der Waals surface area (Å²) in [5.41, 5.74) is 1.29. The molecule has 2 fully saturated rings. The van der Waals surface area contributed by atoms with Gasteiger partial charge in [-0.05, 0) is 56.5 Å². The SMILES string of the molecule is COc1ccc(CN2CCC(C(=O)NC[C@H]3CCCO3)CC2)cc1. The highest BCUT2D eigenvalue weighted by atomic mass is 16.5. The van der Waals surface area contributed by atoms with Gasteiger partial charge in [0.1, 0.15) is 5.75 Å². The Morgan fingerprint density at radius 1 is 1.25 bits per heavy atom. The summed E-state index contributed by atoms with van der Waals surface area (Å²) < 4.78 is 10.8. The third-order valence-corrected chi connectivity index (χ3v) is 5.05. The van der Waals surface area contributed by atoms with E-state index >= 15 is 0 Å². The number of rotatable bonds is 6. The minimum Gasteiger partial charge on any atom is -0.497 e. The van der Waals surface area contributed by atoms with Gasteiger partial charge in [0.15, 0.2) is 0 Å². The van der Waals surface area contributed by atoms with Crippen LogP contribution in [0.15, 0.2) is 24.3 Å². The molecule has 1 aromatic carbocycles. The van der Waals surface area contributed by atoms with E-state index in [1.807, 2.05) is 12.1 Å². The Morgan fingerprint density at radius 3 is 2.62 bits per heavy atom. The summed E-state index contributed by atoms with van der Waals surface area (Å²) in [6, 6.07) is 8.22. The smallest absolute Gasteiger partial charge is 0.223 e. The van der Waals surface area contributed by atoms with E-state index in [1.165, 1.54) is 5.56 Å². The van der Waals surface area contributed by atoms with E-state index in [0.717, 1.165) is 57.7 Å². The summed E-state index contributed by atoms with van der Waals surface area (Å²) in [5, 5.41) is 3.08. The second kappa shape index (κ2) is 8.49. The second-order valence-electron chi connectivity index (χ2n) is 6.78. The van der Waals surface area contributed by atoms with E-state index in [-0.39, 0.29) is 17.9 Å². The van der Waals surface area contributed by atoms with Gasteiger partial charge in [-0.1, -0.05) is 12.1 Å². The largest absolute Gasteiger partial charge is 0.497 e. The van der Waals surface area contributed by atoms with Crippen molar-refractivity contribution >= 4 is 5.91 Å². The number of methoxy groups -OCH3 is 1. The van der Waals surface area contributed by atoms with Crippen LogP contribution >= 0.6 is 0 Å². The molecular weight excluding hydrogens is 304 g/mol. The first-order valence-electron chi connectivity index (χ1n) is 8.99. The van der Waals surface area contributed by atoms with Gasteiger partial charge < -0.3 is 14.8 Å². The summed E-state index contributed by atoms with van der Waals surface area (Å²) in [6.45, 7) is 4.40. The van der Waals surface area contributed by atoms with Crippen LogP contribution < -0.4 is 10.1 Å². The van der Waals surface area contributed by atoms with Crippen LogP contribution in [0.4, 0.5) is 0 Å². The van der Waals surface area contributed by atoms with Crippen LogP contribution in [0.25, 0.3) is 0 Å². The number of ether oxygens (including phenoxy) is 2. The summed E-state index contributed by atoms with van der Waals surface area (Å²) in [5.74, 6) is 1.24. The Labute approximate surface area is 144 Å². The highest BCUT2D eigenvalue weighted by Crippen LogP contribution is 2.20. The first kappa shape index (κ1) is 17.2. The first-order chi connectivity index (χ1) is 11.7. The molecule has 0 unspecified atom stereocenters. The number of likely N-dealkylation sites (tertiary alicyclic amines) is 1. The molecule has 0 saturated carbocycles. The van der Waals surface area contributed by atoms with Crippen molar-refractivity contribution in [2.75, 3.05) is 33.4 Å². The Balaban J connectivity index is 1.38. The molecule has 0 aromatic heterocycles. The van der Waals surface area contributed by atoms with Crippen LogP contribution in [0.1, 0.15) is 31.2 Å². The van der Waals surface area contributed by atoms with E-state index in [4.69, 9.17) is 9.47 Å². The summed E-state index contributed by atoms with van der Waals surface area (Å²) in [4.78, 5) is 14.7. The van der Waals surface area contributed by atoms with Crippen molar-refractivity contribution in [1.29, 1.82) is 0 Å². The lowest BCUT2D eigenvalue weighted by Gasteiger charge is -2.31. The number of benzene rings is 1. The summed E-state index contributed by atoms with van der Waals surface area (Å²) in [7, 11) is 1.68. The van der Waals surface area contributed by atoms with Gasteiger partial charge in [-0.25, -0.2) is 0 Å². The molecule has 0 aliphatic carbocycles. The quantitative estimate of drug-likeness (QED) is 0.868. The lowest BCUT2D eigenvalue weighted by atomic mass is 9.95. The summed E-state index contributed by atoms with van der Waals surface area (Å²) >= 11 is 0. The zero-order valence-corrected chi connectivity index (χ0v) is 14.5. The number of carbonyl (C=O) groups excluding carboxylic acids is 1. The zero-order chi connectivity index (χ0) is 16.8. The van der Waals surface area contributed by atoms with E-state index in [0.29, 0.717) is 6.54 Å². The normalized spacial score (nSPS) is 22.5. The van der Waals surface area contributed by atoms with Gasteiger partial charge >= 0.3 is 0 Å². The number of hydrogen-bond acceptors (Lipinski definition) is 4. The Bertz CT molecular complexity index is 518. The molecule has 2 aliphatic heterocycles. The third kappa shape index (κ3) is 4.71. The highest BCUT2D eigenvalue weighted by molar-refractivity contribution is 5.78. The predicted octanol–water partition coefficient (Wildman–Crippen LogP) is 2.20. The average molecular weight is 332 g/mol. The van der Waals surface area contributed by atoms with Crippen molar-refractivity contribution in [3.05, 3.63) is 29.8 Å². The summed E-state index contributed by atoms with van der Waals surface area (Å²) in [6.07, 6.45) is 4.29. The number of nitrogens with zero attached hydrogens (tertiary/aromatic N) is 1. The standard InChI is InChI=1S/C19H28N2O3/c1-23-17-6-4-15(5-7-17)14-21-10-8-16(9-11-21)19(22)20-13-18-3-2-12-24-18/h4-7,16,18H,2-3,8-14H2,1H3,(H,20,22)/t18-/m1/s1. The van der Waals surface area contributed by atoms with Gasteiger partial charge in [0.2, 0.25) is 5.91 Å². The van der Waals surface area contributed by atoms with Crippen molar-refractivity contribution in [1.82, 2.24) is 10.2 Å². The van der Waals surface area contributed by atoms with Crippen LogP contribution in [0.2, 0.25) is 0 Å². The second-order valence-corrected chi connectivity index (χ2v) is 6.78. The van der Waals surface area contributed by atoms with E-state index in [1.54, 1.807) is 7.11 Å². The van der Waals surface area contributed by atoms with Crippen molar-refractivity contribution in [2.45, 2.75) is 38.3 Å². The number of carbonyl (C=O) groups is 1. The van der Waals surface area contributed by atoms with Crippen molar-refractivity contribution < 1.29 is 14.3 Å². The Kier molecular flexibility index (Phi) is 6.10. The zero-order valence-electron chi connectivity index (χ0n) is 14.5. The highest BCUT2D eigenvalue weighted by Gasteiger charge is 2.26. The molecule has 1 N–H and O–H groups in total. The van der Waals surface area contributed by atoms with Crippen LogP contribution in [0.3, 0.4) is 0 Å². The number of nitrogens with one attached hydrogen (secondary N) is 1. The molecule has 1 aromatic rings. The molecule has 5 nitrogen and oxygen atoms in total. The van der Waals surface area contributed by atoms with Crippen LogP contribution in [-0.2, 0) is 16.1 Å². The van der Waals surface area contributed by atoms with Gasteiger partial charge in [0.25, 0.3) is 0 Å². The fourth-order valence-corrected chi connectivity index (χ4v) is 3.51. The molecule has 2 aliphatic rings. The van der Waals surface area contributed by atoms with Crippen molar-refractivity contribution in [2.24, 2.45) is 5.92 Å². The lowest BCUT2D eigenvalue weighted by molar-refractivity contribution is -0.127. The van der Waals surface area contributed by atoms with Gasteiger partial charge in [-0.15, -0.1) is 0 Å². The lowest BCUT2D eigenvalue weighted by Crippen LogP contribution is -2.42. The Morgan fingerprint density at radius 2 is 2.00 bits per heavy atom. The van der Waals surface area contributed by atoms with E-state index in [2.05, 4.69) is 22.3 Å². The fourth-order valence-electron chi connectivity index (χ4n) is 3.51. The number of piperidine rings is 1. The molecule has 3 rings (SSSR count). The van der Waals surface area contributed by atoms with E-state index in [9.17, 15) is 4.79 Å². The first-order valence-corrected chi connectivity index (χ1v) is 8.99.